The summed E-state index contributed by atoms with van der Waals surface area (Å²) in [6.45, 7) is 6.41. The van der Waals surface area contributed by atoms with Crippen molar-refractivity contribution in [3.8, 4) is 0 Å². The van der Waals surface area contributed by atoms with Gasteiger partial charge in [0.15, 0.2) is 0 Å². The van der Waals surface area contributed by atoms with E-state index in [0.717, 1.165) is 36.0 Å². The van der Waals surface area contributed by atoms with Gasteiger partial charge in [0.25, 0.3) is 0 Å². The molecule has 2 heteroatoms. The molecule has 0 spiro atoms. The minimum absolute atomic E-state index is 0.271. The minimum Gasteiger partial charge on any atom is -0.388 e. The number of hydrogen-bond donors (Lipinski definition) is 1. The number of benzene rings is 2. The molecule has 2 aromatic rings. The number of rotatable bonds is 14. The SMILES string of the molecule is CCCCC[C@@H](C[N+](C)(C)C/C=C\c1ccccc1)[C@H](O)c1ccc(CCCC)cc1. The summed E-state index contributed by atoms with van der Waals surface area (Å²) in [5.41, 5.74) is 3.69. The van der Waals surface area contributed by atoms with Gasteiger partial charge in [0.1, 0.15) is 0 Å². The Hall–Kier alpha value is -1.90. The Kier molecular flexibility index (Phi) is 11.0. The molecule has 0 radical (unpaired) electrons. The monoisotopic (exact) mass is 422 g/mol. The highest BCUT2D eigenvalue weighted by atomic mass is 16.3. The number of aliphatic hydroxyl groups is 1. The zero-order valence-electron chi connectivity index (χ0n) is 20.3. The van der Waals surface area contributed by atoms with Crippen molar-refractivity contribution < 1.29 is 9.59 Å². The molecule has 0 saturated carbocycles. The van der Waals surface area contributed by atoms with Crippen LogP contribution in [0, 0.1) is 5.92 Å². The molecule has 0 amide bonds. The first-order valence-corrected chi connectivity index (χ1v) is 12.3. The second-order valence-corrected chi connectivity index (χ2v) is 9.66. The number of aryl methyl sites for hydroxylation is 1. The highest BCUT2D eigenvalue weighted by Gasteiger charge is 2.28. The van der Waals surface area contributed by atoms with Gasteiger partial charge in [-0.3, -0.25) is 0 Å². The van der Waals surface area contributed by atoms with Crippen molar-refractivity contribution in [2.75, 3.05) is 27.2 Å². The molecular weight excluding hydrogens is 378 g/mol. The van der Waals surface area contributed by atoms with E-state index in [2.05, 4.69) is 94.7 Å². The lowest BCUT2D eigenvalue weighted by Gasteiger charge is -2.35. The molecule has 0 fully saturated rings. The number of aliphatic hydroxyl groups excluding tert-OH is 1. The van der Waals surface area contributed by atoms with Crippen LogP contribution < -0.4 is 0 Å². The molecule has 31 heavy (non-hydrogen) atoms. The van der Waals surface area contributed by atoms with Gasteiger partial charge in [-0.15, -0.1) is 0 Å². The fourth-order valence-electron chi connectivity index (χ4n) is 4.29. The van der Waals surface area contributed by atoms with Gasteiger partial charge in [0.05, 0.1) is 33.3 Å². The van der Waals surface area contributed by atoms with Crippen LogP contribution in [0.4, 0.5) is 0 Å². The number of likely N-dealkylation sites (N-methyl/N-ethyl adjacent to an activating group) is 1. The molecule has 0 aliphatic heterocycles. The van der Waals surface area contributed by atoms with Crippen molar-refractivity contribution in [2.24, 2.45) is 5.92 Å². The van der Waals surface area contributed by atoms with E-state index in [1.54, 1.807) is 0 Å². The highest BCUT2D eigenvalue weighted by molar-refractivity contribution is 5.48. The second kappa shape index (κ2) is 13.5. The standard InChI is InChI=1S/C29H44NO/c1-5-7-10-18-28(29(31)27-21-19-26(20-22-27)14-8-6-2)24-30(3,4)23-13-17-25-15-11-9-12-16-25/h9,11-13,15-17,19-22,28-29,31H,5-8,10,14,18,23-24H2,1-4H3/q+1/b17-13-/t28-,29+/m0/s1. The van der Waals surface area contributed by atoms with Crippen LogP contribution in [0.15, 0.2) is 60.7 Å². The fraction of sp³-hybridized carbons (Fsp3) is 0.517. The Morgan fingerprint density at radius 3 is 2.19 bits per heavy atom. The van der Waals surface area contributed by atoms with Crippen molar-refractivity contribution in [3.05, 3.63) is 77.4 Å². The summed E-state index contributed by atoms with van der Waals surface area (Å²) in [5, 5.41) is 11.3. The first-order valence-electron chi connectivity index (χ1n) is 12.3. The van der Waals surface area contributed by atoms with Crippen LogP contribution >= 0.6 is 0 Å². The molecule has 0 bridgehead atoms. The summed E-state index contributed by atoms with van der Waals surface area (Å²) in [5.74, 6) is 0.271. The summed E-state index contributed by atoms with van der Waals surface area (Å²) in [7, 11) is 4.56. The maximum atomic E-state index is 11.3. The van der Waals surface area contributed by atoms with Crippen molar-refractivity contribution in [2.45, 2.75) is 64.9 Å². The van der Waals surface area contributed by atoms with Crippen LogP contribution in [0.1, 0.15) is 75.2 Å². The van der Waals surface area contributed by atoms with Crippen LogP contribution in [-0.2, 0) is 6.42 Å². The highest BCUT2D eigenvalue weighted by Crippen LogP contribution is 2.29. The molecule has 0 aromatic heterocycles. The zero-order chi connectivity index (χ0) is 22.5. The number of hydrogen-bond acceptors (Lipinski definition) is 1. The molecule has 0 aliphatic carbocycles. The van der Waals surface area contributed by atoms with Crippen molar-refractivity contribution in [3.63, 3.8) is 0 Å². The van der Waals surface area contributed by atoms with Gasteiger partial charge < -0.3 is 9.59 Å². The molecule has 0 heterocycles. The van der Waals surface area contributed by atoms with Gasteiger partial charge in [-0.25, -0.2) is 0 Å². The lowest BCUT2D eigenvalue weighted by molar-refractivity contribution is -0.888. The zero-order valence-corrected chi connectivity index (χ0v) is 20.3. The normalized spacial score (nSPS) is 14.1. The molecular formula is C29H44NO+. The van der Waals surface area contributed by atoms with E-state index in [1.165, 1.54) is 43.2 Å². The topological polar surface area (TPSA) is 20.2 Å². The molecule has 170 valence electrons. The quantitative estimate of drug-likeness (QED) is 0.255. The summed E-state index contributed by atoms with van der Waals surface area (Å²) >= 11 is 0. The summed E-state index contributed by atoms with van der Waals surface area (Å²) in [4.78, 5) is 0. The van der Waals surface area contributed by atoms with E-state index < -0.39 is 6.10 Å². The van der Waals surface area contributed by atoms with Crippen LogP contribution in [-0.4, -0.2) is 36.8 Å². The van der Waals surface area contributed by atoms with Crippen molar-refractivity contribution in [1.29, 1.82) is 0 Å². The van der Waals surface area contributed by atoms with E-state index >= 15 is 0 Å². The van der Waals surface area contributed by atoms with E-state index in [4.69, 9.17) is 0 Å². The third-order valence-corrected chi connectivity index (χ3v) is 6.20. The lowest BCUT2D eigenvalue weighted by atomic mass is 9.89. The van der Waals surface area contributed by atoms with Gasteiger partial charge in [0, 0.05) is 5.92 Å². The third kappa shape index (κ3) is 9.41. The summed E-state index contributed by atoms with van der Waals surface area (Å²) < 4.78 is 0.881. The van der Waals surface area contributed by atoms with Gasteiger partial charge in [-0.05, 0) is 42.0 Å². The van der Waals surface area contributed by atoms with Gasteiger partial charge >= 0.3 is 0 Å². The molecule has 0 saturated heterocycles. The number of quaternary nitrogens is 1. The van der Waals surface area contributed by atoms with Crippen LogP contribution in [0.5, 0.6) is 0 Å². The van der Waals surface area contributed by atoms with Crippen LogP contribution in [0.2, 0.25) is 0 Å². The van der Waals surface area contributed by atoms with E-state index in [0.29, 0.717) is 0 Å². The summed E-state index contributed by atoms with van der Waals surface area (Å²) in [6.07, 6.45) is 12.4. The minimum atomic E-state index is -0.396. The average Bonchev–Trinajstić information content (AvgIpc) is 2.77. The van der Waals surface area contributed by atoms with E-state index in [-0.39, 0.29) is 5.92 Å². The first-order chi connectivity index (χ1) is 14.9. The Labute approximate surface area is 191 Å². The fourth-order valence-corrected chi connectivity index (χ4v) is 4.29. The van der Waals surface area contributed by atoms with Gasteiger partial charge in [0.2, 0.25) is 0 Å². The second-order valence-electron chi connectivity index (χ2n) is 9.66. The van der Waals surface area contributed by atoms with E-state index in [1.807, 2.05) is 0 Å². The van der Waals surface area contributed by atoms with Crippen molar-refractivity contribution >= 4 is 6.08 Å². The molecule has 2 atom stereocenters. The largest absolute Gasteiger partial charge is 0.388 e. The molecule has 0 aliphatic rings. The van der Waals surface area contributed by atoms with Gasteiger partial charge in [-0.2, -0.15) is 0 Å². The predicted molar refractivity (Wildman–Crippen MR) is 135 cm³/mol. The van der Waals surface area contributed by atoms with Crippen molar-refractivity contribution in [1.82, 2.24) is 0 Å². The maximum Gasteiger partial charge on any atom is 0.0972 e. The predicted octanol–water partition coefficient (Wildman–Crippen LogP) is 7.05. The smallest absolute Gasteiger partial charge is 0.0972 e. The Morgan fingerprint density at radius 1 is 0.871 bits per heavy atom. The Bertz CT molecular complexity index is 748. The van der Waals surface area contributed by atoms with Crippen LogP contribution in [0.3, 0.4) is 0 Å². The molecule has 1 N–H and O–H groups in total. The Balaban J connectivity index is 2.04. The maximum absolute atomic E-state index is 11.3. The lowest BCUT2D eigenvalue weighted by Crippen LogP contribution is -2.44. The summed E-state index contributed by atoms with van der Waals surface area (Å²) in [6, 6.07) is 19.2. The van der Waals surface area contributed by atoms with E-state index in [9.17, 15) is 5.11 Å². The molecule has 2 nitrogen and oxygen atoms in total. The molecule has 2 rings (SSSR count). The van der Waals surface area contributed by atoms with Crippen LogP contribution in [0.25, 0.3) is 6.08 Å². The first kappa shape index (κ1) is 25.4. The number of nitrogens with zero attached hydrogens (tertiary/aromatic N) is 1. The average molecular weight is 423 g/mol. The third-order valence-electron chi connectivity index (χ3n) is 6.20. The number of unbranched alkanes of at least 4 members (excludes halogenated alkanes) is 3. The Morgan fingerprint density at radius 2 is 1.55 bits per heavy atom. The van der Waals surface area contributed by atoms with Gasteiger partial charge in [-0.1, -0.05) is 100 Å². The molecule has 0 unspecified atom stereocenters. The molecule has 2 aromatic carbocycles.